The second kappa shape index (κ2) is 4.21. The van der Waals surface area contributed by atoms with Gasteiger partial charge in [-0.3, -0.25) is 0 Å². The Morgan fingerprint density at radius 3 is 2.56 bits per heavy atom. The highest BCUT2D eigenvalue weighted by Gasteiger charge is 2.38. The topological polar surface area (TPSA) is 64.9 Å². The summed E-state index contributed by atoms with van der Waals surface area (Å²) in [4.78, 5) is 4.43. The Hall–Kier alpha value is -1.68. The van der Waals surface area contributed by atoms with E-state index >= 15 is 0 Å². The Morgan fingerprint density at radius 2 is 1.94 bits per heavy atom. The zero-order chi connectivity index (χ0) is 12.6. The molecule has 0 amide bonds. The Labute approximate surface area is 106 Å². The number of nitrogens with two attached hydrogens (primary N) is 1. The minimum atomic E-state index is -0.501. The van der Waals surface area contributed by atoms with Gasteiger partial charge in [0, 0.05) is 6.42 Å². The zero-order valence-corrected chi connectivity index (χ0v) is 10.5. The van der Waals surface area contributed by atoms with Gasteiger partial charge in [0.1, 0.15) is 0 Å². The largest absolute Gasteiger partial charge is 0.339 e. The summed E-state index contributed by atoms with van der Waals surface area (Å²) >= 11 is 0. The first-order chi connectivity index (χ1) is 8.71. The van der Waals surface area contributed by atoms with Gasteiger partial charge in [0.05, 0.1) is 5.54 Å². The highest BCUT2D eigenvalue weighted by atomic mass is 16.5. The van der Waals surface area contributed by atoms with Crippen LogP contribution in [0.4, 0.5) is 0 Å². The predicted molar refractivity (Wildman–Crippen MR) is 68.0 cm³/mol. The quantitative estimate of drug-likeness (QED) is 0.895. The Bertz CT molecular complexity index is 537. The smallest absolute Gasteiger partial charge is 0.226 e. The minimum Gasteiger partial charge on any atom is -0.339 e. The van der Waals surface area contributed by atoms with Gasteiger partial charge in [-0.05, 0) is 30.4 Å². The van der Waals surface area contributed by atoms with Gasteiger partial charge in [-0.2, -0.15) is 4.98 Å². The van der Waals surface area contributed by atoms with E-state index in [1.165, 1.54) is 11.1 Å². The molecular weight excluding hydrogens is 226 g/mol. The maximum Gasteiger partial charge on any atom is 0.226 e. The van der Waals surface area contributed by atoms with Gasteiger partial charge in [0.2, 0.25) is 5.89 Å². The Kier molecular flexibility index (Phi) is 2.67. The second-order valence-corrected chi connectivity index (χ2v) is 5.04. The van der Waals surface area contributed by atoms with Crippen LogP contribution in [0, 0.1) is 0 Å². The summed E-state index contributed by atoms with van der Waals surface area (Å²) in [7, 11) is 0. The van der Waals surface area contributed by atoms with Crippen LogP contribution in [0.15, 0.2) is 28.8 Å². The third kappa shape index (κ3) is 1.82. The van der Waals surface area contributed by atoms with Crippen LogP contribution in [-0.2, 0) is 24.8 Å². The van der Waals surface area contributed by atoms with Gasteiger partial charge in [-0.25, -0.2) is 0 Å². The summed E-state index contributed by atoms with van der Waals surface area (Å²) in [5.74, 6) is 1.33. The number of rotatable bonds is 3. The van der Waals surface area contributed by atoms with Crippen LogP contribution in [0.1, 0.15) is 36.2 Å². The molecule has 0 spiro atoms. The van der Waals surface area contributed by atoms with Crippen molar-refractivity contribution in [3.63, 3.8) is 0 Å². The number of hydrogen-bond donors (Lipinski definition) is 1. The molecule has 1 aliphatic carbocycles. The first-order valence-electron chi connectivity index (χ1n) is 6.40. The highest BCUT2D eigenvalue weighted by Crippen LogP contribution is 2.34. The first-order valence-corrected chi connectivity index (χ1v) is 6.40. The van der Waals surface area contributed by atoms with Crippen molar-refractivity contribution in [2.24, 2.45) is 5.73 Å². The van der Waals surface area contributed by atoms with E-state index in [1.807, 2.05) is 12.1 Å². The first kappa shape index (κ1) is 11.4. The fourth-order valence-electron chi connectivity index (χ4n) is 2.58. The molecule has 4 heteroatoms. The summed E-state index contributed by atoms with van der Waals surface area (Å²) in [6.07, 6.45) is 3.39. The molecule has 4 nitrogen and oxygen atoms in total. The van der Waals surface area contributed by atoms with Crippen LogP contribution in [0.2, 0.25) is 0 Å². The monoisotopic (exact) mass is 243 g/mol. The van der Waals surface area contributed by atoms with Crippen molar-refractivity contribution in [3.05, 3.63) is 47.1 Å². The molecule has 2 aromatic rings. The number of fused-ring (bicyclic) bond motifs is 1. The van der Waals surface area contributed by atoms with E-state index < -0.39 is 5.54 Å². The fraction of sp³-hybridized carbons (Fsp3) is 0.429. The summed E-state index contributed by atoms with van der Waals surface area (Å²) in [6.45, 7) is 2.09. The van der Waals surface area contributed by atoms with E-state index in [1.54, 1.807) is 0 Å². The normalized spacial score (nSPS) is 16.8. The zero-order valence-electron chi connectivity index (χ0n) is 10.5. The molecule has 1 aliphatic rings. The lowest BCUT2D eigenvalue weighted by atomic mass is 9.96. The van der Waals surface area contributed by atoms with Gasteiger partial charge in [-0.1, -0.05) is 36.3 Å². The van der Waals surface area contributed by atoms with Gasteiger partial charge >= 0.3 is 0 Å². The van der Waals surface area contributed by atoms with Crippen molar-refractivity contribution in [1.82, 2.24) is 10.1 Å². The molecular formula is C14H17N3O. The van der Waals surface area contributed by atoms with Crippen LogP contribution in [0.5, 0.6) is 0 Å². The van der Waals surface area contributed by atoms with E-state index in [-0.39, 0.29) is 0 Å². The maximum atomic E-state index is 6.46. The lowest BCUT2D eigenvalue weighted by Crippen LogP contribution is -2.38. The van der Waals surface area contributed by atoms with E-state index in [0.29, 0.717) is 11.7 Å². The number of nitrogens with zero attached hydrogens (tertiary/aromatic N) is 2. The number of aromatic nitrogens is 2. The molecule has 0 bridgehead atoms. The molecule has 0 radical (unpaired) electrons. The summed E-state index contributed by atoms with van der Waals surface area (Å²) in [6, 6.07) is 8.33. The maximum absolute atomic E-state index is 6.46. The van der Waals surface area contributed by atoms with Crippen molar-refractivity contribution in [1.29, 1.82) is 0 Å². The van der Waals surface area contributed by atoms with Crippen LogP contribution in [0.25, 0.3) is 0 Å². The van der Waals surface area contributed by atoms with Crippen LogP contribution >= 0.6 is 0 Å². The average Bonchev–Trinajstić information content (AvgIpc) is 2.93. The highest BCUT2D eigenvalue weighted by molar-refractivity contribution is 5.37. The second-order valence-electron chi connectivity index (χ2n) is 5.04. The van der Waals surface area contributed by atoms with Gasteiger partial charge in [0.25, 0.3) is 0 Å². The number of hydrogen-bond acceptors (Lipinski definition) is 4. The standard InChI is InChI=1S/C14H17N3O/c1-2-5-12-16-13(17-18-12)14(15)8-10-6-3-4-7-11(10)9-14/h3-4,6-7H,2,5,8-9,15H2,1H3. The molecule has 1 aromatic carbocycles. The van der Waals surface area contributed by atoms with Gasteiger partial charge in [0.15, 0.2) is 5.82 Å². The third-order valence-electron chi connectivity index (χ3n) is 3.51. The lowest BCUT2D eigenvalue weighted by molar-refractivity contribution is 0.350. The van der Waals surface area contributed by atoms with Crippen molar-refractivity contribution >= 4 is 0 Å². The van der Waals surface area contributed by atoms with Crippen LogP contribution in [-0.4, -0.2) is 10.1 Å². The van der Waals surface area contributed by atoms with Gasteiger partial charge in [-0.15, -0.1) is 0 Å². The summed E-state index contributed by atoms with van der Waals surface area (Å²) in [5, 5.41) is 4.06. The van der Waals surface area contributed by atoms with Crippen LogP contribution in [0.3, 0.4) is 0 Å². The molecule has 0 unspecified atom stereocenters. The summed E-state index contributed by atoms with van der Waals surface area (Å²) in [5.41, 5.74) is 8.54. The van der Waals surface area contributed by atoms with Crippen LogP contribution < -0.4 is 5.73 Å². The van der Waals surface area contributed by atoms with Crippen molar-refractivity contribution in [3.8, 4) is 0 Å². The van der Waals surface area contributed by atoms with Crippen molar-refractivity contribution < 1.29 is 4.52 Å². The average molecular weight is 243 g/mol. The van der Waals surface area contributed by atoms with Crippen molar-refractivity contribution in [2.45, 2.75) is 38.1 Å². The van der Waals surface area contributed by atoms with E-state index in [0.717, 1.165) is 25.7 Å². The molecule has 0 aliphatic heterocycles. The number of aryl methyl sites for hydroxylation is 1. The SMILES string of the molecule is CCCc1nc(C2(N)Cc3ccccc3C2)no1. The van der Waals surface area contributed by atoms with Gasteiger partial charge < -0.3 is 10.3 Å². The molecule has 0 fully saturated rings. The Morgan fingerprint density at radius 1 is 1.28 bits per heavy atom. The molecule has 0 atom stereocenters. The molecule has 94 valence electrons. The fourth-order valence-corrected chi connectivity index (χ4v) is 2.58. The van der Waals surface area contributed by atoms with Crippen molar-refractivity contribution in [2.75, 3.05) is 0 Å². The van der Waals surface area contributed by atoms with E-state index in [9.17, 15) is 0 Å². The van der Waals surface area contributed by atoms with E-state index in [4.69, 9.17) is 10.3 Å². The summed E-state index contributed by atoms with van der Waals surface area (Å²) < 4.78 is 5.24. The molecule has 1 heterocycles. The molecule has 18 heavy (non-hydrogen) atoms. The third-order valence-corrected chi connectivity index (χ3v) is 3.51. The molecule has 0 saturated carbocycles. The minimum absolute atomic E-state index is 0.501. The molecule has 1 aromatic heterocycles. The molecule has 3 rings (SSSR count). The van der Waals surface area contributed by atoms with E-state index in [2.05, 4.69) is 29.2 Å². The molecule has 2 N–H and O–H groups in total. The molecule has 0 saturated heterocycles. The number of benzene rings is 1. The Balaban J connectivity index is 1.88. The lowest BCUT2D eigenvalue weighted by Gasteiger charge is -2.18. The predicted octanol–water partition coefficient (Wildman–Crippen LogP) is 1.97.